The number of hydrogen-bond donors (Lipinski definition) is 2. The average molecular weight is 331 g/mol. The fourth-order valence-corrected chi connectivity index (χ4v) is 2.50. The number of aryl methyl sites for hydroxylation is 1. The molecule has 0 aliphatic carbocycles. The van der Waals surface area contributed by atoms with Gasteiger partial charge in [0.2, 0.25) is 5.91 Å². The Kier molecular flexibility index (Phi) is 5.77. The van der Waals surface area contributed by atoms with Gasteiger partial charge in [-0.2, -0.15) is 0 Å². The maximum Gasteiger partial charge on any atom is 0.224 e. The zero-order valence-electron chi connectivity index (χ0n) is 14.0. The third-order valence-corrected chi connectivity index (χ3v) is 3.87. The maximum atomic E-state index is 12.0. The molecule has 1 heterocycles. The Bertz CT molecular complexity index is 786. The third-order valence-electron chi connectivity index (χ3n) is 3.87. The first-order valence-electron chi connectivity index (χ1n) is 8.36. The highest BCUT2D eigenvalue weighted by atomic mass is 16.1. The van der Waals surface area contributed by atoms with Crippen LogP contribution in [0.4, 0.5) is 11.4 Å². The Balaban J connectivity index is 1.46. The fourth-order valence-electron chi connectivity index (χ4n) is 2.50. The zero-order chi connectivity index (χ0) is 17.3. The summed E-state index contributed by atoms with van der Waals surface area (Å²) in [5, 5.41) is 6.27. The van der Waals surface area contributed by atoms with Crippen molar-refractivity contribution >= 4 is 17.3 Å². The number of pyridine rings is 1. The number of amides is 1. The SMILES string of the molecule is O=C(CCc1ccccc1)Nc1ccc(NCc2cccnc2)cc1. The Morgan fingerprint density at radius 2 is 1.56 bits per heavy atom. The molecule has 3 aromatic rings. The average Bonchev–Trinajstić information content (AvgIpc) is 2.67. The van der Waals surface area contributed by atoms with Gasteiger partial charge in [-0.25, -0.2) is 0 Å². The normalized spacial score (nSPS) is 10.2. The number of anilines is 2. The number of hydrogen-bond acceptors (Lipinski definition) is 3. The molecule has 4 nitrogen and oxygen atoms in total. The fraction of sp³-hybridized carbons (Fsp3) is 0.143. The van der Waals surface area contributed by atoms with Crippen LogP contribution >= 0.6 is 0 Å². The number of benzene rings is 2. The lowest BCUT2D eigenvalue weighted by Crippen LogP contribution is -2.12. The molecule has 0 aliphatic rings. The van der Waals surface area contributed by atoms with Crippen molar-refractivity contribution in [1.82, 2.24) is 4.98 Å². The highest BCUT2D eigenvalue weighted by Crippen LogP contribution is 2.15. The van der Waals surface area contributed by atoms with E-state index in [-0.39, 0.29) is 5.91 Å². The molecule has 126 valence electrons. The van der Waals surface area contributed by atoms with Crippen molar-refractivity contribution < 1.29 is 4.79 Å². The van der Waals surface area contributed by atoms with E-state index in [4.69, 9.17) is 0 Å². The molecule has 0 spiro atoms. The van der Waals surface area contributed by atoms with Gasteiger partial charge in [-0.15, -0.1) is 0 Å². The molecule has 3 rings (SSSR count). The van der Waals surface area contributed by atoms with E-state index in [1.807, 2.05) is 72.9 Å². The van der Waals surface area contributed by atoms with Crippen molar-refractivity contribution in [1.29, 1.82) is 0 Å². The van der Waals surface area contributed by atoms with Gasteiger partial charge >= 0.3 is 0 Å². The summed E-state index contributed by atoms with van der Waals surface area (Å²) in [4.78, 5) is 16.1. The van der Waals surface area contributed by atoms with Gasteiger partial charge < -0.3 is 10.6 Å². The summed E-state index contributed by atoms with van der Waals surface area (Å²) in [6.07, 6.45) is 4.83. The molecule has 4 heteroatoms. The summed E-state index contributed by atoms with van der Waals surface area (Å²) in [6, 6.07) is 21.7. The van der Waals surface area contributed by atoms with Crippen LogP contribution in [0.1, 0.15) is 17.5 Å². The first-order chi connectivity index (χ1) is 12.3. The Hall–Kier alpha value is -3.14. The Morgan fingerprint density at radius 3 is 2.28 bits per heavy atom. The van der Waals surface area contributed by atoms with E-state index in [1.165, 1.54) is 5.56 Å². The van der Waals surface area contributed by atoms with E-state index in [1.54, 1.807) is 6.20 Å². The predicted octanol–water partition coefficient (Wildman–Crippen LogP) is 4.27. The van der Waals surface area contributed by atoms with Gasteiger partial charge in [0.1, 0.15) is 0 Å². The van der Waals surface area contributed by atoms with Gasteiger partial charge in [0.25, 0.3) is 0 Å². The van der Waals surface area contributed by atoms with E-state index in [2.05, 4.69) is 15.6 Å². The van der Waals surface area contributed by atoms with Gasteiger partial charge in [-0.3, -0.25) is 9.78 Å². The lowest BCUT2D eigenvalue weighted by molar-refractivity contribution is -0.116. The molecule has 2 aromatic carbocycles. The minimum absolute atomic E-state index is 0.0277. The summed E-state index contributed by atoms with van der Waals surface area (Å²) >= 11 is 0. The molecular weight excluding hydrogens is 310 g/mol. The topological polar surface area (TPSA) is 54.0 Å². The van der Waals surface area contributed by atoms with E-state index in [0.29, 0.717) is 6.42 Å². The molecule has 0 bridgehead atoms. The van der Waals surface area contributed by atoms with Crippen LogP contribution in [0.15, 0.2) is 79.1 Å². The quantitative estimate of drug-likeness (QED) is 0.680. The highest BCUT2D eigenvalue weighted by Gasteiger charge is 2.03. The predicted molar refractivity (Wildman–Crippen MR) is 101 cm³/mol. The minimum Gasteiger partial charge on any atom is -0.381 e. The largest absolute Gasteiger partial charge is 0.381 e. The number of nitrogens with one attached hydrogen (secondary N) is 2. The Morgan fingerprint density at radius 1 is 0.840 bits per heavy atom. The van der Waals surface area contributed by atoms with Crippen LogP contribution in [0.3, 0.4) is 0 Å². The second kappa shape index (κ2) is 8.64. The number of aromatic nitrogens is 1. The van der Waals surface area contributed by atoms with Crippen molar-refractivity contribution in [2.24, 2.45) is 0 Å². The van der Waals surface area contributed by atoms with Gasteiger partial charge in [-0.1, -0.05) is 36.4 Å². The number of carbonyl (C=O) groups is 1. The Labute approximate surface area is 147 Å². The van der Waals surface area contributed by atoms with E-state index in [9.17, 15) is 4.79 Å². The monoisotopic (exact) mass is 331 g/mol. The van der Waals surface area contributed by atoms with Gasteiger partial charge in [0.05, 0.1) is 0 Å². The summed E-state index contributed by atoms with van der Waals surface area (Å²) in [5.74, 6) is 0.0277. The standard InChI is InChI=1S/C21H21N3O/c25-21(13-8-17-5-2-1-3-6-17)24-20-11-9-19(10-12-20)23-16-18-7-4-14-22-15-18/h1-7,9-12,14-15,23H,8,13,16H2,(H,24,25). The summed E-state index contributed by atoms with van der Waals surface area (Å²) in [5.41, 5.74) is 4.12. The third kappa shape index (κ3) is 5.46. The van der Waals surface area contributed by atoms with E-state index >= 15 is 0 Å². The van der Waals surface area contributed by atoms with E-state index < -0.39 is 0 Å². The molecular formula is C21H21N3O. The van der Waals surface area contributed by atoms with Crippen LogP contribution < -0.4 is 10.6 Å². The van der Waals surface area contributed by atoms with Crippen LogP contribution in [0, 0.1) is 0 Å². The highest BCUT2D eigenvalue weighted by molar-refractivity contribution is 5.91. The van der Waals surface area contributed by atoms with Gasteiger partial charge in [-0.05, 0) is 47.9 Å². The van der Waals surface area contributed by atoms with Crippen LogP contribution in [-0.2, 0) is 17.8 Å². The molecule has 0 fully saturated rings. The van der Waals surface area contributed by atoms with Crippen LogP contribution in [0.5, 0.6) is 0 Å². The molecule has 2 N–H and O–H groups in total. The van der Waals surface area contributed by atoms with Crippen LogP contribution in [0.25, 0.3) is 0 Å². The van der Waals surface area contributed by atoms with Crippen LogP contribution in [-0.4, -0.2) is 10.9 Å². The van der Waals surface area contributed by atoms with Crippen molar-refractivity contribution in [2.75, 3.05) is 10.6 Å². The summed E-state index contributed by atoms with van der Waals surface area (Å²) in [7, 11) is 0. The smallest absolute Gasteiger partial charge is 0.224 e. The molecule has 25 heavy (non-hydrogen) atoms. The zero-order valence-corrected chi connectivity index (χ0v) is 14.0. The molecule has 1 amide bonds. The second-order valence-electron chi connectivity index (χ2n) is 5.83. The minimum atomic E-state index is 0.0277. The van der Waals surface area contributed by atoms with Crippen molar-refractivity contribution in [2.45, 2.75) is 19.4 Å². The second-order valence-corrected chi connectivity index (χ2v) is 5.83. The molecule has 0 unspecified atom stereocenters. The molecule has 1 aromatic heterocycles. The van der Waals surface area contributed by atoms with E-state index in [0.717, 1.165) is 29.9 Å². The maximum absolute atomic E-state index is 12.0. The molecule has 0 radical (unpaired) electrons. The first kappa shape index (κ1) is 16.7. The van der Waals surface area contributed by atoms with Crippen LogP contribution in [0.2, 0.25) is 0 Å². The molecule has 0 atom stereocenters. The van der Waals surface area contributed by atoms with Crippen molar-refractivity contribution in [3.63, 3.8) is 0 Å². The number of carbonyl (C=O) groups excluding carboxylic acids is 1. The number of nitrogens with zero attached hydrogens (tertiary/aromatic N) is 1. The number of rotatable bonds is 7. The summed E-state index contributed by atoms with van der Waals surface area (Å²) < 4.78 is 0. The molecule has 0 saturated heterocycles. The summed E-state index contributed by atoms with van der Waals surface area (Å²) in [6.45, 7) is 0.719. The van der Waals surface area contributed by atoms with Crippen molar-refractivity contribution in [3.8, 4) is 0 Å². The lowest BCUT2D eigenvalue weighted by atomic mass is 10.1. The van der Waals surface area contributed by atoms with Crippen molar-refractivity contribution in [3.05, 3.63) is 90.3 Å². The molecule has 0 aliphatic heterocycles. The lowest BCUT2D eigenvalue weighted by Gasteiger charge is -2.09. The van der Waals surface area contributed by atoms with Gasteiger partial charge in [0, 0.05) is 36.7 Å². The first-order valence-corrected chi connectivity index (χ1v) is 8.36. The van der Waals surface area contributed by atoms with Gasteiger partial charge in [0.15, 0.2) is 0 Å². The molecule has 0 saturated carbocycles.